The minimum atomic E-state index is 0.0430. The van der Waals surface area contributed by atoms with E-state index >= 15 is 0 Å². The van der Waals surface area contributed by atoms with E-state index < -0.39 is 0 Å². The molecular weight excluding hydrogens is 254 g/mol. The molecule has 20 heavy (non-hydrogen) atoms. The topological polar surface area (TPSA) is 51.3 Å². The summed E-state index contributed by atoms with van der Waals surface area (Å²) in [6, 6.07) is 6.54. The number of hydrogen-bond acceptors (Lipinski definition) is 3. The Balaban J connectivity index is 1.56. The van der Waals surface area contributed by atoms with Crippen LogP contribution in [0.3, 0.4) is 0 Å². The third-order valence-corrected chi connectivity index (χ3v) is 4.57. The number of hydrogen-bond donors (Lipinski definition) is 0. The summed E-state index contributed by atoms with van der Waals surface area (Å²) in [7, 11) is 0. The van der Waals surface area contributed by atoms with Gasteiger partial charge in [0.25, 0.3) is 5.91 Å². The largest absolute Gasteiger partial charge is 0.459 e. The van der Waals surface area contributed by atoms with Gasteiger partial charge in [-0.05, 0) is 43.9 Å². The molecule has 4 heterocycles. The molecule has 104 valence electrons. The first-order valence-corrected chi connectivity index (χ1v) is 7.18. The molecule has 4 rings (SSSR count). The van der Waals surface area contributed by atoms with Crippen molar-refractivity contribution in [2.24, 2.45) is 0 Å². The molecule has 2 aromatic heterocycles. The van der Waals surface area contributed by atoms with Crippen LogP contribution in [0.1, 0.15) is 42.3 Å². The zero-order valence-electron chi connectivity index (χ0n) is 11.2. The van der Waals surface area contributed by atoms with Crippen LogP contribution in [0, 0.1) is 0 Å². The number of fused-ring (bicyclic) bond motifs is 2. The van der Waals surface area contributed by atoms with Gasteiger partial charge in [0.2, 0.25) is 0 Å². The Kier molecular flexibility index (Phi) is 2.65. The average Bonchev–Trinajstić information content (AvgIpc) is 3.18. The molecule has 0 aliphatic carbocycles. The second-order valence-corrected chi connectivity index (χ2v) is 5.69. The predicted molar refractivity (Wildman–Crippen MR) is 72.2 cm³/mol. The van der Waals surface area contributed by atoms with Crippen LogP contribution in [0.5, 0.6) is 0 Å². The molecule has 2 aliphatic rings. The predicted octanol–water partition coefficient (Wildman–Crippen LogP) is 2.48. The SMILES string of the molecule is O=C(c1ccco1)N1C2CCC1CC(n1cccn1)C2. The van der Waals surface area contributed by atoms with E-state index in [2.05, 4.69) is 5.10 Å². The van der Waals surface area contributed by atoms with Crippen LogP contribution in [0.4, 0.5) is 0 Å². The van der Waals surface area contributed by atoms with E-state index in [-0.39, 0.29) is 5.91 Å². The second-order valence-electron chi connectivity index (χ2n) is 5.69. The highest BCUT2D eigenvalue weighted by Gasteiger charge is 2.44. The molecule has 2 unspecified atom stereocenters. The lowest BCUT2D eigenvalue weighted by Crippen LogP contribution is -2.46. The number of nitrogens with zero attached hydrogens (tertiary/aromatic N) is 3. The molecule has 2 aliphatic heterocycles. The quantitative estimate of drug-likeness (QED) is 0.843. The summed E-state index contributed by atoms with van der Waals surface area (Å²) in [5.74, 6) is 0.501. The highest BCUT2D eigenvalue weighted by molar-refractivity contribution is 5.92. The van der Waals surface area contributed by atoms with E-state index in [1.165, 1.54) is 0 Å². The lowest BCUT2D eigenvalue weighted by molar-refractivity contribution is 0.0493. The van der Waals surface area contributed by atoms with Gasteiger partial charge in [-0.1, -0.05) is 0 Å². The third kappa shape index (κ3) is 1.77. The summed E-state index contributed by atoms with van der Waals surface area (Å²) in [4.78, 5) is 14.6. The number of amides is 1. The van der Waals surface area contributed by atoms with Crippen LogP contribution >= 0.6 is 0 Å². The fourth-order valence-corrected chi connectivity index (χ4v) is 3.72. The zero-order valence-corrected chi connectivity index (χ0v) is 11.2. The molecule has 0 radical (unpaired) electrons. The first-order chi connectivity index (χ1) is 9.83. The van der Waals surface area contributed by atoms with E-state index in [0.717, 1.165) is 25.7 Å². The van der Waals surface area contributed by atoms with Crippen LogP contribution in [0.25, 0.3) is 0 Å². The van der Waals surface area contributed by atoms with Crippen molar-refractivity contribution in [3.8, 4) is 0 Å². The monoisotopic (exact) mass is 271 g/mol. The highest BCUT2D eigenvalue weighted by atomic mass is 16.3. The lowest BCUT2D eigenvalue weighted by atomic mass is 9.97. The van der Waals surface area contributed by atoms with Crippen molar-refractivity contribution >= 4 is 5.91 Å². The average molecular weight is 271 g/mol. The van der Waals surface area contributed by atoms with Crippen molar-refractivity contribution < 1.29 is 9.21 Å². The van der Waals surface area contributed by atoms with Gasteiger partial charge in [0.15, 0.2) is 5.76 Å². The summed E-state index contributed by atoms with van der Waals surface area (Å²) < 4.78 is 7.30. The van der Waals surface area contributed by atoms with Gasteiger partial charge in [-0.25, -0.2) is 0 Å². The van der Waals surface area contributed by atoms with Crippen molar-refractivity contribution in [2.45, 2.75) is 43.8 Å². The molecule has 2 atom stereocenters. The smallest absolute Gasteiger partial charge is 0.290 e. The molecule has 5 heteroatoms. The molecular formula is C15H17N3O2. The molecule has 0 N–H and O–H groups in total. The Labute approximate surface area is 117 Å². The fraction of sp³-hybridized carbons (Fsp3) is 0.467. The van der Waals surface area contributed by atoms with Crippen LogP contribution < -0.4 is 0 Å². The normalized spacial score (nSPS) is 28.8. The lowest BCUT2D eigenvalue weighted by Gasteiger charge is -2.38. The molecule has 1 amide bonds. The van der Waals surface area contributed by atoms with Gasteiger partial charge in [0, 0.05) is 24.5 Å². The molecule has 0 saturated carbocycles. The Morgan fingerprint density at radius 3 is 2.60 bits per heavy atom. The zero-order chi connectivity index (χ0) is 13.5. The summed E-state index contributed by atoms with van der Waals surface area (Å²) in [6.45, 7) is 0. The Hall–Kier alpha value is -2.04. The Morgan fingerprint density at radius 1 is 1.20 bits per heavy atom. The number of furan rings is 1. The van der Waals surface area contributed by atoms with Gasteiger partial charge in [-0.2, -0.15) is 5.10 Å². The molecule has 2 bridgehead atoms. The number of aromatic nitrogens is 2. The number of piperidine rings is 1. The summed E-state index contributed by atoms with van der Waals surface area (Å²) in [6.07, 6.45) is 9.57. The van der Waals surface area contributed by atoms with E-state index in [9.17, 15) is 4.79 Å². The van der Waals surface area contributed by atoms with Gasteiger partial charge in [-0.15, -0.1) is 0 Å². The van der Waals surface area contributed by atoms with Crippen molar-refractivity contribution in [2.75, 3.05) is 0 Å². The summed E-state index contributed by atoms with van der Waals surface area (Å²) in [5, 5.41) is 4.35. The van der Waals surface area contributed by atoms with Crippen LogP contribution in [-0.4, -0.2) is 32.7 Å². The van der Waals surface area contributed by atoms with Crippen molar-refractivity contribution in [1.29, 1.82) is 0 Å². The van der Waals surface area contributed by atoms with E-state index in [1.54, 1.807) is 18.4 Å². The number of carbonyl (C=O) groups is 1. The molecule has 0 spiro atoms. The minimum Gasteiger partial charge on any atom is -0.459 e. The Morgan fingerprint density at radius 2 is 2.00 bits per heavy atom. The van der Waals surface area contributed by atoms with Crippen molar-refractivity contribution in [1.82, 2.24) is 14.7 Å². The maximum absolute atomic E-state index is 12.5. The maximum Gasteiger partial charge on any atom is 0.290 e. The Bertz CT molecular complexity index is 577. The van der Waals surface area contributed by atoms with E-state index in [4.69, 9.17) is 4.42 Å². The minimum absolute atomic E-state index is 0.0430. The van der Waals surface area contributed by atoms with Crippen molar-refractivity contribution in [3.05, 3.63) is 42.6 Å². The van der Waals surface area contributed by atoms with Gasteiger partial charge in [0.1, 0.15) is 0 Å². The van der Waals surface area contributed by atoms with Crippen LogP contribution in [-0.2, 0) is 0 Å². The molecule has 2 fully saturated rings. The number of carbonyl (C=O) groups excluding carboxylic acids is 1. The van der Waals surface area contributed by atoms with E-state index in [1.807, 2.05) is 28.0 Å². The van der Waals surface area contributed by atoms with Crippen molar-refractivity contribution in [3.63, 3.8) is 0 Å². The van der Waals surface area contributed by atoms with Crippen LogP contribution in [0.2, 0.25) is 0 Å². The molecule has 0 aromatic carbocycles. The van der Waals surface area contributed by atoms with Gasteiger partial charge in [-0.3, -0.25) is 9.48 Å². The standard InChI is InChI=1S/C15H17N3O2/c19-15(14-3-1-8-20-14)18-11-4-5-12(18)10-13(9-11)17-7-2-6-16-17/h1-3,6-8,11-13H,4-5,9-10H2. The van der Waals surface area contributed by atoms with E-state index in [0.29, 0.717) is 23.9 Å². The molecule has 2 aromatic rings. The first kappa shape index (κ1) is 11.8. The van der Waals surface area contributed by atoms with Gasteiger partial charge < -0.3 is 9.32 Å². The second kappa shape index (κ2) is 4.51. The fourth-order valence-electron chi connectivity index (χ4n) is 3.72. The summed E-state index contributed by atoms with van der Waals surface area (Å²) in [5.41, 5.74) is 0. The third-order valence-electron chi connectivity index (χ3n) is 4.57. The van der Waals surface area contributed by atoms with Crippen LogP contribution in [0.15, 0.2) is 41.3 Å². The first-order valence-electron chi connectivity index (χ1n) is 7.18. The highest BCUT2D eigenvalue weighted by Crippen LogP contribution is 2.41. The van der Waals surface area contributed by atoms with Gasteiger partial charge >= 0.3 is 0 Å². The molecule has 2 saturated heterocycles. The number of rotatable bonds is 2. The molecule has 5 nitrogen and oxygen atoms in total. The van der Waals surface area contributed by atoms with Gasteiger partial charge in [0.05, 0.1) is 12.3 Å². The summed E-state index contributed by atoms with van der Waals surface area (Å²) >= 11 is 0. The maximum atomic E-state index is 12.5.